The zero-order valence-electron chi connectivity index (χ0n) is 13.9. The van der Waals surface area contributed by atoms with Gasteiger partial charge >= 0.3 is 0 Å². The molecule has 23 heavy (non-hydrogen) atoms. The Morgan fingerprint density at radius 2 is 2.00 bits per heavy atom. The van der Waals surface area contributed by atoms with Crippen LogP contribution in [0.2, 0.25) is 0 Å². The van der Waals surface area contributed by atoms with E-state index in [0.717, 1.165) is 34.8 Å². The Balaban J connectivity index is 1.92. The van der Waals surface area contributed by atoms with E-state index in [0.29, 0.717) is 25.7 Å². The van der Waals surface area contributed by atoms with Crippen LogP contribution in [0.25, 0.3) is 11.0 Å². The zero-order chi connectivity index (χ0) is 16.4. The Labute approximate surface area is 135 Å². The molecule has 0 atom stereocenters. The number of imidazole rings is 1. The number of benzene rings is 1. The summed E-state index contributed by atoms with van der Waals surface area (Å²) in [5, 5.41) is 2.96. The van der Waals surface area contributed by atoms with Gasteiger partial charge in [0.25, 0.3) is 0 Å². The molecule has 0 saturated carbocycles. The molecule has 0 spiro atoms. The highest BCUT2D eigenvalue weighted by molar-refractivity contribution is 5.83. The summed E-state index contributed by atoms with van der Waals surface area (Å²) in [6.45, 7) is 8.24. The molecule has 3 rings (SSSR count). The molecular formula is C17H23N3O3. The van der Waals surface area contributed by atoms with Gasteiger partial charge < -0.3 is 19.4 Å². The van der Waals surface area contributed by atoms with Crippen LogP contribution < -0.4 is 14.8 Å². The minimum absolute atomic E-state index is 0.00240. The van der Waals surface area contributed by atoms with Crippen LogP contribution in [-0.4, -0.2) is 35.2 Å². The Kier molecular flexibility index (Phi) is 4.41. The summed E-state index contributed by atoms with van der Waals surface area (Å²) in [6.07, 6.45) is 0.762. The number of rotatable bonds is 5. The molecule has 1 aromatic heterocycles. The molecule has 6 nitrogen and oxygen atoms in total. The predicted molar refractivity (Wildman–Crippen MR) is 87.9 cm³/mol. The number of hydrogen-bond acceptors (Lipinski definition) is 4. The first-order valence-electron chi connectivity index (χ1n) is 8.14. The van der Waals surface area contributed by atoms with Crippen molar-refractivity contribution in [2.24, 2.45) is 5.92 Å². The highest BCUT2D eigenvalue weighted by Gasteiger charge is 2.18. The fourth-order valence-electron chi connectivity index (χ4n) is 2.68. The molecule has 1 aliphatic rings. The third-order valence-corrected chi connectivity index (χ3v) is 3.82. The molecule has 1 N–H and O–H groups in total. The maximum Gasteiger partial charge on any atom is 0.240 e. The molecular weight excluding hydrogens is 294 g/mol. The van der Waals surface area contributed by atoms with Crippen molar-refractivity contribution >= 4 is 16.9 Å². The van der Waals surface area contributed by atoms with Crippen LogP contribution in [-0.2, 0) is 17.8 Å². The van der Waals surface area contributed by atoms with Crippen molar-refractivity contribution in [3.8, 4) is 11.5 Å². The van der Waals surface area contributed by atoms with E-state index >= 15 is 0 Å². The molecule has 1 aliphatic heterocycles. The van der Waals surface area contributed by atoms with Crippen LogP contribution in [0.3, 0.4) is 0 Å². The first-order chi connectivity index (χ1) is 11.1. The number of hydrogen-bond donors (Lipinski definition) is 1. The van der Waals surface area contributed by atoms with Gasteiger partial charge in [0.2, 0.25) is 5.91 Å². The number of carbonyl (C=O) groups is 1. The predicted octanol–water partition coefficient (Wildman–Crippen LogP) is 2.14. The van der Waals surface area contributed by atoms with Gasteiger partial charge in [-0.05, 0) is 5.92 Å². The third kappa shape index (κ3) is 3.25. The lowest BCUT2D eigenvalue weighted by Gasteiger charge is -2.18. The van der Waals surface area contributed by atoms with Crippen molar-refractivity contribution in [1.82, 2.24) is 14.9 Å². The normalized spacial score (nSPS) is 13.6. The van der Waals surface area contributed by atoms with Gasteiger partial charge in [0.05, 0.1) is 11.0 Å². The summed E-state index contributed by atoms with van der Waals surface area (Å²) in [4.78, 5) is 16.8. The monoisotopic (exact) mass is 317 g/mol. The summed E-state index contributed by atoms with van der Waals surface area (Å²) >= 11 is 0. The van der Waals surface area contributed by atoms with Crippen LogP contribution >= 0.6 is 0 Å². The molecule has 124 valence electrons. The van der Waals surface area contributed by atoms with Crippen LogP contribution in [0.4, 0.5) is 0 Å². The van der Waals surface area contributed by atoms with E-state index in [1.54, 1.807) is 0 Å². The molecule has 2 heterocycles. The fourth-order valence-corrected chi connectivity index (χ4v) is 2.68. The lowest BCUT2D eigenvalue weighted by molar-refractivity contribution is -0.121. The van der Waals surface area contributed by atoms with Crippen molar-refractivity contribution in [2.75, 3.05) is 19.8 Å². The average molecular weight is 317 g/mol. The first kappa shape index (κ1) is 15.6. The molecule has 6 heteroatoms. The van der Waals surface area contributed by atoms with E-state index in [2.05, 4.69) is 24.1 Å². The largest absolute Gasteiger partial charge is 0.486 e. The Bertz CT molecular complexity index is 721. The van der Waals surface area contributed by atoms with E-state index in [-0.39, 0.29) is 12.5 Å². The minimum Gasteiger partial charge on any atom is -0.486 e. The maximum atomic E-state index is 12.2. The van der Waals surface area contributed by atoms with Gasteiger partial charge in [0.15, 0.2) is 11.5 Å². The van der Waals surface area contributed by atoms with E-state index in [4.69, 9.17) is 9.47 Å². The summed E-state index contributed by atoms with van der Waals surface area (Å²) < 4.78 is 13.2. The van der Waals surface area contributed by atoms with Crippen molar-refractivity contribution in [1.29, 1.82) is 0 Å². The van der Waals surface area contributed by atoms with E-state index in [1.807, 2.05) is 23.6 Å². The molecule has 0 aliphatic carbocycles. The SMILES string of the molecule is CCc1nc2cc3c(cc2n1CC(=O)NCC(C)C)OCCO3. The van der Waals surface area contributed by atoms with Gasteiger partial charge in [-0.1, -0.05) is 20.8 Å². The molecule has 2 aromatic rings. The number of nitrogens with one attached hydrogen (secondary N) is 1. The number of ether oxygens (including phenoxy) is 2. The van der Waals surface area contributed by atoms with Crippen molar-refractivity contribution in [2.45, 2.75) is 33.7 Å². The standard InChI is InChI=1S/C17H23N3O3/c1-4-16-19-12-7-14-15(23-6-5-22-14)8-13(12)20(16)10-17(21)18-9-11(2)3/h7-8,11H,4-6,9-10H2,1-3H3,(H,18,21). The molecule has 1 aromatic carbocycles. The number of fused-ring (bicyclic) bond motifs is 2. The summed E-state index contributed by atoms with van der Waals surface area (Å²) in [5.74, 6) is 2.77. The second-order valence-corrected chi connectivity index (χ2v) is 6.15. The van der Waals surface area contributed by atoms with Crippen molar-refractivity contribution < 1.29 is 14.3 Å². The van der Waals surface area contributed by atoms with Gasteiger partial charge in [0, 0.05) is 25.1 Å². The Morgan fingerprint density at radius 1 is 1.30 bits per heavy atom. The number of carbonyl (C=O) groups excluding carboxylic acids is 1. The summed E-state index contributed by atoms with van der Waals surface area (Å²) in [7, 11) is 0. The van der Waals surface area contributed by atoms with E-state index in [9.17, 15) is 4.79 Å². The maximum absolute atomic E-state index is 12.2. The molecule has 0 fully saturated rings. The Hall–Kier alpha value is -2.24. The number of aryl methyl sites for hydroxylation is 1. The van der Waals surface area contributed by atoms with Crippen LogP contribution in [0, 0.1) is 5.92 Å². The Morgan fingerprint density at radius 3 is 2.65 bits per heavy atom. The average Bonchev–Trinajstić information content (AvgIpc) is 2.87. The second kappa shape index (κ2) is 6.48. The quantitative estimate of drug-likeness (QED) is 0.917. The summed E-state index contributed by atoms with van der Waals surface area (Å²) in [6, 6.07) is 3.82. The molecule has 0 radical (unpaired) electrons. The lowest BCUT2D eigenvalue weighted by Crippen LogP contribution is -2.31. The van der Waals surface area contributed by atoms with E-state index in [1.165, 1.54) is 0 Å². The molecule has 0 bridgehead atoms. The highest BCUT2D eigenvalue weighted by atomic mass is 16.6. The van der Waals surface area contributed by atoms with Gasteiger partial charge in [-0.2, -0.15) is 0 Å². The smallest absolute Gasteiger partial charge is 0.240 e. The van der Waals surface area contributed by atoms with Crippen LogP contribution in [0.15, 0.2) is 12.1 Å². The number of nitrogens with zero attached hydrogens (tertiary/aromatic N) is 2. The van der Waals surface area contributed by atoms with Crippen LogP contribution in [0.5, 0.6) is 11.5 Å². The third-order valence-electron chi connectivity index (χ3n) is 3.82. The number of aromatic nitrogens is 2. The van der Waals surface area contributed by atoms with Crippen LogP contribution in [0.1, 0.15) is 26.6 Å². The van der Waals surface area contributed by atoms with Crippen molar-refractivity contribution in [3.05, 3.63) is 18.0 Å². The van der Waals surface area contributed by atoms with Gasteiger partial charge in [-0.25, -0.2) is 4.98 Å². The molecule has 0 saturated heterocycles. The van der Waals surface area contributed by atoms with Gasteiger partial charge in [-0.3, -0.25) is 4.79 Å². The van der Waals surface area contributed by atoms with Gasteiger partial charge in [0.1, 0.15) is 25.6 Å². The lowest BCUT2D eigenvalue weighted by atomic mass is 10.2. The van der Waals surface area contributed by atoms with E-state index < -0.39 is 0 Å². The first-order valence-corrected chi connectivity index (χ1v) is 8.14. The van der Waals surface area contributed by atoms with Crippen molar-refractivity contribution in [3.63, 3.8) is 0 Å². The van der Waals surface area contributed by atoms with Gasteiger partial charge in [-0.15, -0.1) is 0 Å². The fraction of sp³-hybridized carbons (Fsp3) is 0.529. The zero-order valence-corrected chi connectivity index (χ0v) is 13.9. The number of amides is 1. The molecule has 1 amide bonds. The summed E-state index contributed by atoms with van der Waals surface area (Å²) in [5.41, 5.74) is 1.74. The topological polar surface area (TPSA) is 65.4 Å². The minimum atomic E-state index is 0.00240. The second-order valence-electron chi connectivity index (χ2n) is 6.15. The highest BCUT2D eigenvalue weighted by Crippen LogP contribution is 2.34. The molecule has 0 unspecified atom stereocenters.